The fraction of sp³-hybridized carbons (Fsp3) is 0.409. The molecule has 1 saturated carbocycles. The molecule has 3 rings (SSSR count). The molecule has 0 heterocycles. The van der Waals surface area contributed by atoms with E-state index in [1.807, 2.05) is 36.4 Å². The van der Waals surface area contributed by atoms with Gasteiger partial charge in [-0.25, -0.2) is 0 Å². The molecule has 0 aliphatic heterocycles. The quantitative estimate of drug-likeness (QED) is 0.462. The van der Waals surface area contributed by atoms with Gasteiger partial charge in [0.15, 0.2) is 0 Å². The van der Waals surface area contributed by atoms with E-state index >= 15 is 0 Å². The first kappa shape index (κ1) is 20.6. The molecule has 0 saturated heterocycles. The van der Waals surface area contributed by atoms with Gasteiger partial charge in [-0.2, -0.15) is 0 Å². The van der Waals surface area contributed by atoms with Crippen LogP contribution in [0.15, 0.2) is 53.4 Å². The molecule has 2 aromatic rings. The van der Waals surface area contributed by atoms with Crippen molar-refractivity contribution in [2.24, 2.45) is 0 Å². The van der Waals surface area contributed by atoms with Gasteiger partial charge in [-0.05, 0) is 43.2 Å². The van der Waals surface area contributed by atoms with E-state index in [0.29, 0.717) is 25.7 Å². The summed E-state index contributed by atoms with van der Waals surface area (Å²) in [5.74, 6) is 2.56. The lowest BCUT2D eigenvalue weighted by Gasteiger charge is -2.23. The molecule has 1 fully saturated rings. The smallest absolute Gasteiger partial charge is 0.234 e. The minimum Gasteiger partial charge on any atom is -0.497 e. The fourth-order valence-electron chi connectivity index (χ4n) is 3.09. The number of benzene rings is 2. The number of nitrogens with zero attached hydrogens (tertiary/aromatic N) is 1. The highest BCUT2D eigenvalue weighted by atomic mass is 32.2. The molecule has 2 aromatic carbocycles. The van der Waals surface area contributed by atoms with Gasteiger partial charge < -0.3 is 14.8 Å². The summed E-state index contributed by atoms with van der Waals surface area (Å²) in [6.45, 7) is 1.75. The van der Waals surface area contributed by atoms with Gasteiger partial charge in [0.05, 0.1) is 20.8 Å². The van der Waals surface area contributed by atoms with Crippen LogP contribution in [0.2, 0.25) is 0 Å². The number of amides is 1. The van der Waals surface area contributed by atoms with Crippen LogP contribution in [-0.2, 0) is 11.3 Å². The second-order valence-electron chi connectivity index (χ2n) is 6.83. The first-order chi connectivity index (χ1) is 13.7. The number of hydrogen-bond donors (Lipinski definition) is 1. The Morgan fingerprint density at radius 1 is 1.14 bits per heavy atom. The summed E-state index contributed by atoms with van der Waals surface area (Å²) < 4.78 is 10.8. The summed E-state index contributed by atoms with van der Waals surface area (Å²) in [4.78, 5) is 15.9. The summed E-state index contributed by atoms with van der Waals surface area (Å²) in [6, 6.07) is 16.5. The molecule has 0 atom stereocenters. The predicted octanol–water partition coefficient (Wildman–Crippen LogP) is 3.58. The molecule has 5 nitrogen and oxygen atoms in total. The third kappa shape index (κ3) is 6.17. The maximum Gasteiger partial charge on any atom is 0.234 e. The average Bonchev–Trinajstić information content (AvgIpc) is 3.57. The molecule has 0 aromatic heterocycles. The Morgan fingerprint density at radius 2 is 1.93 bits per heavy atom. The van der Waals surface area contributed by atoms with Gasteiger partial charge in [0, 0.05) is 35.3 Å². The molecular formula is C22H28N2O3S. The summed E-state index contributed by atoms with van der Waals surface area (Å²) >= 11 is 1.75. The fourth-order valence-corrected chi connectivity index (χ4v) is 3.88. The zero-order valence-electron chi connectivity index (χ0n) is 16.5. The van der Waals surface area contributed by atoms with Crippen molar-refractivity contribution < 1.29 is 14.3 Å². The summed E-state index contributed by atoms with van der Waals surface area (Å²) in [5.41, 5.74) is 1.04. The monoisotopic (exact) mass is 400 g/mol. The topological polar surface area (TPSA) is 50.8 Å². The third-order valence-corrected chi connectivity index (χ3v) is 5.72. The maximum atomic E-state index is 12.4. The van der Waals surface area contributed by atoms with Crippen molar-refractivity contribution in [3.8, 4) is 11.5 Å². The Labute approximate surface area is 171 Å². The predicted molar refractivity (Wildman–Crippen MR) is 113 cm³/mol. The highest BCUT2D eigenvalue weighted by Gasteiger charge is 2.30. The largest absolute Gasteiger partial charge is 0.497 e. The number of carbonyl (C=O) groups excluding carboxylic acids is 1. The zero-order valence-corrected chi connectivity index (χ0v) is 17.3. The van der Waals surface area contributed by atoms with Crippen LogP contribution >= 0.6 is 11.8 Å². The number of rotatable bonds is 11. The molecule has 28 heavy (non-hydrogen) atoms. The van der Waals surface area contributed by atoms with Crippen molar-refractivity contribution in [1.29, 1.82) is 0 Å². The number of nitrogens with one attached hydrogen (secondary N) is 1. The molecule has 150 valence electrons. The first-order valence-electron chi connectivity index (χ1n) is 9.59. The van der Waals surface area contributed by atoms with E-state index in [1.54, 1.807) is 26.0 Å². The van der Waals surface area contributed by atoms with E-state index in [4.69, 9.17) is 9.47 Å². The minimum absolute atomic E-state index is 0.0717. The van der Waals surface area contributed by atoms with Gasteiger partial charge in [-0.15, -0.1) is 11.8 Å². The van der Waals surface area contributed by atoms with Gasteiger partial charge in [-0.3, -0.25) is 9.69 Å². The van der Waals surface area contributed by atoms with Gasteiger partial charge >= 0.3 is 0 Å². The van der Waals surface area contributed by atoms with E-state index in [1.165, 1.54) is 4.90 Å². The number of ether oxygens (including phenoxy) is 2. The van der Waals surface area contributed by atoms with Gasteiger partial charge in [-0.1, -0.05) is 18.2 Å². The van der Waals surface area contributed by atoms with Crippen LogP contribution in [0.5, 0.6) is 11.5 Å². The molecule has 0 bridgehead atoms. The maximum absolute atomic E-state index is 12.4. The first-order valence-corrected chi connectivity index (χ1v) is 10.6. The molecule has 0 spiro atoms. The third-order valence-electron chi connectivity index (χ3n) is 4.71. The molecule has 1 N–H and O–H groups in total. The number of thioether (sulfide) groups is 1. The summed E-state index contributed by atoms with van der Waals surface area (Å²) in [6.07, 6.45) is 2.28. The van der Waals surface area contributed by atoms with Crippen LogP contribution in [0, 0.1) is 0 Å². The Kier molecular flexibility index (Phi) is 7.62. The van der Waals surface area contributed by atoms with Crippen molar-refractivity contribution in [3.05, 3.63) is 54.1 Å². The van der Waals surface area contributed by atoms with Crippen molar-refractivity contribution >= 4 is 17.7 Å². The van der Waals surface area contributed by atoms with Gasteiger partial charge in [0.1, 0.15) is 11.5 Å². The highest BCUT2D eigenvalue weighted by molar-refractivity contribution is 7.99. The lowest BCUT2D eigenvalue weighted by Crippen LogP contribution is -2.39. The second-order valence-corrected chi connectivity index (χ2v) is 7.99. The molecule has 1 amide bonds. The lowest BCUT2D eigenvalue weighted by atomic mass is 10.1. The Morgan fingerprint density at radius 3 is 2.61 bits per heavy atom. The van der Waals surface area contributed by atoms with Crippen LogP contribution in [0.25, 0.3) is 0 Å². The number of methoxy groups -OCH3 is 2. The number of carbonyl (C=O) groups is 1. The molecule has 1 aliphatic carbocycles. The highest BCUT2D eigenvalue weighted by Crippen LogP contribution is 2.31. The van der Waals surface area contributed by atoms with Crippen molar-refractivity contribution in [1.82, 2.24) is 10.2 Å². The van der Waals surface area contributed by atoms with Crippen LogP contribution in [-0.4, -0.2) is 49.9 Å². The van der Waals surface area contributed by atoms with Crippen LogP contribution in [0.1, 0.15) is 18.4 Å². The molecule has 0 unspecified atom stereocenters. The van der Waals surface area contributed by atoms with Crippen molar-refractivity contribution in [2.45, 2.75) is 30.3 Å². The Bertz CT molecular complexity index is 766. The summed E-state index contributed by atoms with van der Waals surface area (Å²) in [5, 5.41) is 3.05. The second kappa shape index (κ2) is 10.4. The Hall–Kier alpha value is -2.18. The van der Waals surface area contributed by atoms with Crippen LogP contribution in [0.4, 0.5) is 0 Å². The minimum atomic E-state index is 0.0717. The normalized spacial score (nSPS) is 13.4. The summed E-state index contributed by atoms with van der Waals surface area (Å²) in [7, 11) is 3.33. The average molecular weight is 401 g/mol. The Balaban J connectivity index is 1.50. The van der Waals surface area contributed by atoms with E-state index in [2.05, 4.69) is 22.3 Å². The molecule has 6 heteroatoms. The zero-order chi connectivity index (χ0) is 19.8. The van der Waals surface area contributed by atoms with E-state index in [9.17, 15) is 4.79 Å². The molecule has 1 aliphatic rings. The lowest BCUT2D eigenvalue weighted by molar-refractivity contribution is -0.122. The molecule has 0 radical (unpaired) electrons. The molecular weight excluding hydrogens is 372 g/mol. The van der Waals surface area contributed by atoms with E-state index < -0.39 is 0 Å². The van der Waals surface area contributed by atoms with E-state index in [0.717, 1.165) is 35.7 Å². The standard InChI is InChI=1S/C22H28N2O3S/c1-26-19-10-11-21(27-2)17(14-19)15-24(18-8-9-18)16-22(25)23-12-13-28-20-6-4-3-5-7-20/h3-7,10-11,14,18H,8-9,12-13,15-16H2,1-2H3,(H,23,25). The SMILES string of the molecule is COc1ccc(OC)c(CN(CC(=O)NCCSc2ccccc2)C2CC2)c1. The van der Waals surface area contributed by atoms with Gasteiger partial charge in [0.2, 0.25) is 5.91 Å². The number of hydrogen-bond acceptors (Lipinski definition) is 5. The van der Waals surface area contributed by atoms with Crippen molar-refractivity contribution in [2.75, 3.05) is 33.1 Å². The van der Waals surface area contributed by atoms with Gasteiger partial charge in [0.25, 0.3) is 0 Å². The van der Waals surface area contributed by atoms with Crippen LogP contribution < -0.4 is 14.8 Å². The van der Waals surface area contributed by atoms with Crippen LogP contribution in [0.3, 0.4) is 0 Å². The van der Waals surface area contributed by atoms with E-state index in [-0.39, 0.29) is 5.91 Å². The van der Waals surface area contributed by atoms with Crippen molar-refractivity contribution in [3.63, 3.8) is 0 Å².